The fraction of sp³-hybridized carbons (Fsp3) is 0.909. The molecule has 0 aromatic heterocycles. The Balaban J connectivity index is 4.45. The lowest BCUT2D eigenvalue weighted by atomic mass is 10.3. The van der Waals surface area contributed by atoms with Crippen molar-refractivity contribution < 1.29 is 17.9 Å². The fourth-order valence-electron chi connectivity index (χ4n) is 1.40. The quantitative estimate of drug-likeness (QED) is 0.616. The van der Waals surface area contributed by atoms with E-state index in [1.807, 2.05) is 6.92 Å². The van der Waals surface area contributed by atoms with Crippen LogP contribution >= 0.6 is 0 Å². The molecule has 1 unspecified atom stereocenters. The van der Waals surface area contributed by atoms with Gasteiger partial charge in [0.15, 0.2) is 9.84 Å². The van der Waals surface area contributed by atoms with Crippen LogP contribution in [-0.2, 0) is 19.4 Å². The zero-order valence-corrected chi connectivity index (χ0v) is 12.4. The van der Waals surface area contributed by atoms with Gasteiger partial charge in [-0.3, -0.25) is 4.79 Å². The van der Waals surface area contributed by atoms with Gasteiger partial charge >= 0.3 is 0 Å². The minimum Gasteiger partial charge on any atom is -0.383 e. The van der Waals surface area contributed by atoms with E-state index in [1.165, 1.54) is 12.0 Å². The largest absolute Gasteiger partial charge is 0.383 e. The van der Waals surface area contributed by atoms with Crippen LogP contribution in [0.2, 0.25) is 0 Å². The smallest absolute Gasteiger partial charge is 0.237 e. The van der Waals surface area contributed by atoms with Crippen molar-refractivity contribution in [3.8, 4) is 0 Å². The van der Waals surface area contributed by atoms with Crippen molar-refractivity contribution in [3.63, 3.8) is 0 Å². The summed E-state index contributed by atoms with van der Waals surface area (Å²) >= 11 is 0. The number of nitrogens with one attached hydrogen (secondary N) is 1. The van der Waals surface area contributed by atoms with Gasteiger partial charge in [0.2, 0.25) is 5.91 Å². The monoisotopic (exact) mass is 280 g/mol. The van der Waals surface area contributed by atoms with Gasteiger partial charge in [-0.05, 0) is 13.0 Å². The molecule has 0 saturated carbocycles. The lowest BCUT2D eigenvalue weighted by Gasteiger charge is -2.18. The van der Waals surface area contributed by atoms with Crippen LogP contribution in [-0.4, -0.2) is 71.1 Å². The molecular weight excluding hydrogens is 256 g/mol. The summed E-state index contributed by atoms with van der Waals surface area (Å²) in [6, 6.07) is -0.269. The molecule has 0 aromatic carbocycles. The predicted molar refractivity (Wildman–Crippen MR) is 71.3 cm³/mol. The number of rotatable bonds is 9. The van der Waals surface area contributed by atoms with Gasteiger partial charge in [0.25, 0.3) is 0 Å². The third-order valence-corrected chi connectivity index (χ3v) is 3.95. The van der Waals surface area contributed by atoms with Crippen molar-refractivity contribution >= 4 is 15.7 Å². The van der Waals surface area contributed by atoms with Crippen LogP contribution in [0.4, 0.5) is 0 Å². The fourth-order valence-corrected chi connectivity index (χ4v) is 2.98. The first-order chi connectivity index (χ1) is 8.32. The van der Waals surface area contributed by atoms with Crippen LogP contribution in [0.3, 0.4) is 0 Å². The van der Waals surface area contributed by atoms with E-state index in [4.69, 9.17) is 4.74 Å². The average molecular weight is 280 g/mol. The molecule has 0 rings (SSSR count). The van der Waals surface area contributed by atoms with E-state index < -0.39 is 21.5 Å². The minimum atomic E-state index is -3.41. The van der Waals surface area contributed by atoms with E-state index >= 15 is 0 Å². The van der Waals surface area contributed by atoms with Crippen molar-refractivity contribution in [2.24, 2.45) is 0 Å². The van der Waals surface area contributed by atoms with E-state index in [0.717, 1.165) is 13.0 Å². The number of sulfone groups is 1. The number of methoxy groups -OCH3 is 1. The van der Waals surface area contributed by atoms with Gasteiger partial charge < -0.3 is 15.0 Å². The Hall–Kier alpha value is -0.660. The number of hydrogen-bond acceptors (Lipinski definition) is 5. The lowest BCUT2D eigenvalue weighted by molar-refractivity contribution is -0.125. The maximum atomic E-state index is 11.9. The normalized spacial score (nSPS) is 13.3. The Morgan fingerprint density at radius 2 is 2.00 bits per heavy atom. The van der Waals surface area contributed by atoms with Crippen molar-refractivity contribution in [2.75, 3.05) is 45.9 Å². The van der Waals surface area contributed by atoms with Crippen molar-refractivity contribution in [1.29, 1.82) is 0 Å². The summed E-state index contributed by atoms with van der Waals surface area (Å²) in [5, 5.41) is 3.10. The molecule has 1 amide bonds. The van der Waals surface area contributed by atoms with Crippen molar-refractivity contribution in [2.45, 2.75) is 19.4 Å². The second kappa shape index (κ2) is 8.44. The molecule has 0 heterocycles. The Labute approximate surface area is 110 Å². The SMILES string of the molecule is CCCNC(COC)CS(=O)(=O)CC(=O)N(C)C. The molecular formula is C11H24N2O4S. The molecule has 6 nitrogen and oxygen atoms in total. The van der Waals surface area contributed by atoms with Gasteiger partial charge in [-0.2, -0.15) is 0 Å². The van der Waals surface area contributed by atoms with E-state index in [2.05, 4.69) is 5.32 Å². The molecule has 0 spiro atoms. The van der Waals surface area contributed by atoms with Crippen LogP contribution in [0.5, 0.6) is 0 Å². The number of nitrogens with zero attached hydrogens (tertiary/aromatic N) is 1. The first kappa shape index (κ1) is 17.3. The highest BCUT2D eigenvalue weighted by molar-refractivity contribution is 7.92. The molecule has 0 fully saturated rings. The molecule has 0 bridgehead atoms. The van der Waals surface area contributed by atoms with Crippen molar-refractivity contribution in [3.05, 3.63) is 0 Å². The molecule has 0 aliphatic carbocycles. The van der Waals surface area contributed by atoms with Crippen LogP contribution in [0, 0.1) is 0 Å². The first-order valence-corrected chi connectivity index (χ1v) is 7.77. The van der Waals surface area contributed by atoms with Gasteiger partial charge in [-0.1, -0.05) is 6.92 Å². The first-order valence-electron chi connectivity index (χ1n) is 5.95. The number of hydrogen-bond donors (Lipinski definition) is 1. The Kier molecular flexibility index (Phi) is 8.13. The summed E-state index contributed by atoms with van der Waals surface area (Å²) in [5.74, 6) is -0.935. The third kappa shape index (κ3) is 7.62. The standard InChI is InChI=1S/C11H24N2O4S/c1-5-6-12-10(7-17-4)8-18(15,16)9-11(14)13(2)3/h10,12H,5-9H2,1-4H3. The second-order valence-electron chi connectivity index (χ2n) is 4.45. The van der Waals surface area contributed by atoms with Crippen LogP contribution < -0.4 is 5.32 Å². The molecule has 0 radical (unpaired) electrons. The molecule has 1 atom stereocenters. The van der Waals surface area contributed by atoms with Gasteiger partial charge in [0, 0.05) is 27.2 Å². The molecule has 108 valence electrons. The summed E-state index contributed by atoms with van der Waals surface area (Å²) in [6.45, 7) is 3.04. The molecule has 18 heavy (non-hydrogen) atoms. The average Bonchev–Trinajstić information content (AvgIpc) is 2.24. The molecule has 0 saturated heterocycles. The Morgan fingerprint density at radius 3 is 2.44 bits per heavy atom. The Morgan fingerprint density at radius 1 is 1.39 bits per heavy atom. The topological polar surface area (TPSA) is 75.7 Å². The van der Waals surface area contributed by atoms with Gasteiger partial charge in [-0.15, -0.1) is 0 Å². The number of carbonyl (C=O) groups excluding carboxylic acids is 1. The van der Waals surface area contributed by atoms with Gasteiger partial charge in [0.05, 0.1) is 12.4 Å². The molecule has 7 heteroatoms. The van der Waals surface area contributed by atoms with E-state index in [9.17, 15) is 13.2 Å². The molecule has 0 aromatic rings. The van der Waals surface area contributed by atoms with E-state index in [1.54, 1.807) is 14.1 Å². The Bertz CT molecular complexity index is 341. The zero-order valence-electron chi connectivity index (χ0n) is 11.6. The number of amides is 1. The maximum Gasteiger partial charge on any atom is 0.237 e. The van der Waals surface area contributed by atoms with E-state index in [-0.39, 0.29) is 11.8 Å². The van der Waals surface area contributed by atoms with Crippen molar-refractivity contribution in [1.82, 2.24) is 10.2 Å². The summed E-state index contributed by atoms with van der Waals surface area (Å²) in [6.07, 6.45) is 0.914. The number of ether oxygens (including phenoxy) is 1. The van der Waals surface area contributed by atoms with Crippen LogP contribution in [0.25, 0.3) is 0 Å². The molecule has 0 aliphatic heterocycles. The lowest BCUT2D eigenvalue weighted by Crippen LogP contribution is -2.42. The minimum absolute atomic E-state index is 0.0829. The second-order valence-corrected chi connectivity index (χ2v) is 6.56. The summed E-state index contributed by atoms with van der Waals surface area (Å²) in [7, 11) is 1.20. The van der Waals surface area contributed by atoms with Gasteiger partial charge in [0.1, 0.15) is 5.75 Å². The highest BCUT2D eigenvalue weighted by Gasteiger charge is 2.22. The predicted octanol–water partition coefficient (Wildman–Crippen LogP) is -0.496. The van der Waals surface area contributed by atoms with Gasteiger partial charge in [-0.25, -0.2) is 8.42 Å². The van der Waals surface area contributed by atoms with E-state index in [0.29, 0.717) is 6.61 Å². The van der Waals surface area contributed by atoms with Crippen LogP contribution in [0.1, 0.15) is 13.3 Å². The molecule has 1 N–H and O–H groups in total. The maximum absolute atomic E-state index is 11.9. The highest BCUT2D eigenvalue weighted by atomic mass is 32.2. The summed E-state index contributed by atoms with van der Waals surface area (Å²) in [4.78, 5) is 12.7. The number of carbonyl (C=O) groups is 1. The van der Waals surface area contributed by atoms with Crippen LogP contribution in [0.15, 0.2) is 0 Å². The zero-order chi connectivity index (χ0) is 14.2. The summed E-state index contributed by atoms with van der Waals surface area (Å²) < 4.78 is 28.7. The molecule has 0 aliphatic rings. The highest BCUT2D eigenvalue weighted by Crippen LogP contribution is 1.98. The summed E-state index contributed by atoms with van der Waals surface area (Å²) in [5.41, 5.74) is 0. The third-order valence-electron chi connectivity index (χ3n) is 2.35.